The van der Waals surface area contributed by atoms with Gasteiger partial charge in [-0.25, -0.2) is 0 Å². The number of hydrogen-bond donors (Lipinski definition) is 14. The molecule has 0 rings (SSSR count). The van der Waals surface area contributed by atoms with Gasteiger partial charge in [0, 0.05) is 32.2 Å². The number of nitrogens with two attached hydrogens (primary N) is 4. The van der Waals surface area contributed by atoms with Crippen molar-refractivity contribution in [1.29, 1.82) is 0 Å². The third kappa shape index (κ3) is 30.7. The van der Waals surface area contributed by atoms with E-state index in [9.17, 15) is 62.3 Å². The van der Waals surface area contributed by atoms with E-state index < -0.39 is 134 Å². The van der Waals surface area contributed by atoms with Gasteiger partial charge in [0.15, 0.2) is 0 Å². The zero-order valence-electron chi connectivity index (χ0n) is 36.9. The third-order valence-electron chi connectivity index (χ3n) is 8.89. The van der Waals surface area contributed by atoms with E-state index in [4.69, 9.17) is 22.9 Å². The van der Waals surface area contributed by atoms with Crippen molar-refractivity contribution >= 4 is 76.8 Å². The second-order valence-corrected chi connectivity index (χ2v) is 14.7. The molecule has 0 spiro atoms. The number of carbonyl (C=O) groups is 13. The van der Waals surface area contributed by atoms with Crippen LogP contribution in [0.2, 0.25) is 0 Å². The average molecular weight is 927 g/mol. The minimum Gasteiger partial charge on any atom is -0.370 e. The Morgan fingerprint density at radius 1 is 0.385 bits per heavy atom. The molecule has 0 aromatic heterocycles. The molecule has 0 unspecified atom stereocenters. The maximum Gasteiger partial charge on any atom is 0.243 e. The highest BCUT2D eigenvalue weighted by molar-refractivity contribution is 5.95. The maximum atomic E-state index is 12.8. The zero-order valence-corrected chi connectivity index (χ0v) is 36.9. The van der Waals surface area contributed by atoms with Gasteiger partial charge in [-0.15, -0.1) is 0 Å². The lowest BCUT2D eigenvalue weighted by Gasteiger charge is -2.21. The summed E-state index contributed by atoms with van der Waals surface area (Å²) in [6, 6.07) is -4.14. The van der Waals surface area contributed by atoms with Crippen LogP contribution in [0.4, 0.5) is 0 Å². The third-order valence-corrected chi connectivity index (χ3v) is 8.89. The fourth-order valence-electron chi connectivity index (χ4n) is 5.22. The molecule has 0 aromatic rings. The fourth-order valence-corrected chi connectivity index (χ4v) is 5.22. The summed E-state index contributed by atoms with van der Waals surface area (Å²) in [7, 11) is 0. The Morgan fingerprint density at radius 3 is 1.14 bits per heavy atom. The SMILES string of the molecule is C[C@@H](NC(=O)[C@H](CCCCNC(=O)CNC(=O)CNC(=O)CNC(=O)CNC(=O)CNC(=O)[C@@H](C)NC(=O)[C@H](CCCCN)NC(=O)CCCC(N)=O)NC(=O)CCCC(N)=O)C(N)=O. The summed E-state index contributed by atoms with van der Waals surface area (Å²) in [6.07, 6.45) is 2.43. The molecule has 13 amide bonds. The van der Waals surface area contributed by atoms with Gasteiger partial charge in [-0.2, -0.15) is 0 Å². The summed E-state index contributed by atoms with van der Waals surface area (Å²) >= 11 is 0. The molecule has 0 saturated heterocycles. The number of primary amides is 3. The van der Waals surface area contributed by atoms with E-state index in [0.717, 1.165) is 0 Å². The minimum atomic E-state index is -1.12. The van der Waals surface area contributed by atoms with E-state index >= 15 is 0 Å². The standard InChI is InChI=1S/C38H66N14O13/c1-22(35(42)62)49-37(64)25(52-29(56)14-8-12-27(41)54)10-4-6-16-43-30(57)17-44-31(58)18-45-32(59)19-46-33(60)20-47-34(61)21-48-36(63)23(2)50-38(65)24(9-3-5-15-39)51-28(55)13-7-11-26(40)53/h22-25H,3-21,39H2,1-2H3,(H2,40,53)(H2,41,54)(H2,42,62)(H,43,57)(H,44,58)(H,45,59)(H,46,60)(H,47,61)(H,48,63)(H,49,64)(H,50,65)(H,51,55)(H,52,56)/t22-,23-,24+,25+/m1/s1. The average Bonchev–Trinajstić information content (AvgIpc) is 3.23. The molecule has 18 N–H and O–H groups in total. The summed E-state index contributed by atoms with van der Waals surface area (Å²) in [5.41, 5.74) is 20.9. The highest BCUT2D eigenvalue weighted by Crippen LogP contribution is 2.05. The van der Waals surface area contributed by atoms with Crippen molar-refractivity contribution < 1.29 is 62.3 Å². The van der Waals surface area contributed by atoms with Crippen molar-refractivity contribution in [1.82, 2.24) is 53.2 Å². The van der Waals surface area contributed by atoms with Crippen LogP contribution in [0, 0.1) is 0 Å². The summed E-state index contributed by atoms with van der Waals surface area (Å²) < 4.78 is 0. The Balaban J connectivity index is 4.49. The van der Waals surface area contributed by atoms with Gasteiger partial charge in [0.25, 0.3) is 0 Å². The van der Waals surface area contributed by atoms with Gasteiger partial charge in [0.05, 0.1) is 32.7 Å². The molecule has 27 heteroatoms. The lowest BCUT2D eigenvalue weighted by molar-refractivity contribution is -0.132. The van der Waals surface area contributed by atoms with Crippen molar-refractivity contribution in [3.8, 4) is 0 Å². The predicted molar refractivity (Wildman–Crippen MR) is 229 cm³/mol. The number of unbranched alkanes of at least 4 members (excludes halogenated alkanes) is 2. The molecule has 0 radical (unpaired) electrons. The minimum absolute atomic E-state index is 0.000893. The van der Waals surface area contributed by atoms with Crippen LogP contribution in [-0.4, -0.2) is 147 Å². The number of amides is 13. The van der Waals surface area contributed by atoms with Crippen molar-refractivity contribution in [3.05, 3.63) is 0 Å². The fraction of sp³-hybridized carbons (Fsp3) is 0.658. The van der Waals surface area contributed by atoms with Crippen molar-refractivity contribution in [2.45, 2.75) is 115 Å². The van der Waals surface area contributed by atoms with Crippen molar-refractivity contribution in [3.63, 3.8) is 0 Å². The van der Waals surface area contributed by atoms with E-state index in [1.54, 1.807) is 0 Å². The smallest absolute Gasteiger partial charge is 0.243 e. The number of nitrogens with one attached hydrogen (secondary N) is 10. The first-order valence-electron chi connectivity index (χ1n) is 21.0. The first-order chi connectivity index (χ1) is 30.6. The molecule has 366 valence electrons. The molecular formula is C38H66N14O13. The summed E-state index contributed by atoms with van der Waals surface area (Å²) in [4.78, 5) is 157. The largest absolute Gasteiger partial charge is 0.370 e. The maximum absolute atomic E-state index is 12.8. The molecule has 0 aliphatic rings. The molecule has 0 aliphatic heterocycles. The molecular weight excluding hydrogens is 861 g/mol. The lowest BCUT2D eigenvalue weighted by atomic mass is 10.1. The molecule has 0 heterocycles. The molecule has 65 heavy (non-hydrogen) atoms. The van der Waals surface area contributed by atoms with Gasteiger partial charge in [-0.1, -0.05) is 0 Å². The van der Waals surface area contributed by atoms with Crippen LogP contribution in [0.1, 0.15) is 90.9 Å². The molecule has 0 saturated carbocycles. The van der Waals surface area contributed by atoms with Gasteiger partial charge in [0.2, 0.25) is 76.8 Å². The zero-order chi connectivity index (χ0) is 49.3. The van der Waals surface area contributed by atoms with Crippen LogP contribution >= 0.6 is 0 Å². The summed E-state index contributed by atoms with van der Waals surface area (Å²) in [6.45, 7) is 0.556. The second-order valence-electron chi connectivity index (χ2n) is 14.7. The first-order valence-corrected chi connectivity index (χ1v) is 21.0. The van der Waals surface area contributed by atoms with E-state index in [1.165, 1.54) is 13.8 Å². The van der Waals surface area contributed by atoms with Gasteiger partial charge < -0.3 is 76.1 Å². The quantitative estimate of drug-likeness (QED) is 0.0263. The highest BCUT2D eigenvalue weighted by Gasteiger charge is 2.25. The first kappa shape index (κ1) is 58.1. The second kappa shape index (κ2) is 33.6. The van der Waals surface area contributed by atoms with Gasteiger partial charge in [-0.05, 0) is 71.8 Å². The molecule has 4 atom stereocenters. The Morgan fingerprint density at radius 2 is 0.754 bits per heavy atom. The van der Waals surface area contributed by atoms with Crippen LogP contribution < -0.4 is 76.1 Å². The number of rotatable bonds is 35. The lowest BCUT2D eigenvalue weighted by Crippen LogP contribution is -2.53. The highest BCUT2D eigenvalue weighted by atomic mass is 16.2. The van der Waals surface area contributed by atoms with E-state index in [0.29, 0.717) is 32.2 Å². The predicted octanol–water partition coefficient (Wildman–Crippen LogP) is -7.24. The number of hydrogen-bond acceptors (Lipinski definition) is 14. The van der Waals surface area contributed by atoms with Gasteiger partial charge in [-0.3, -0.25) is 62.3 Å². The number of carbonyl (C=O) groups excluding carboxylic acids is 13. The Bertz CT molecular complexity index is 1680. The molecule has 0 fully saturated rings. The van der Waals surface area contributed by atoms with Crippen LogP contribution in [-0.2, 0) is 62.3 Å². The van der Waals surface area contributed by atoms with Crippen LogP contribution in [0.15, 0.2) is 0 Å². The van der Waals surface area contributed by atoms with Crippen LogP contribution in [0.3, 0.4) is 0 Å². The monoisotopic (exact) mass is 926 g/mol. The van der Waals surface area contributed by atoms with E-state index in [2.05, 4.69) is 53.2 Å². The van der Waals surface area contributed by atoms with E-state index in [1.807, 2.05) is 0 Å². The van der Waals surface area contributed by atoms with Crippen LogP contribution in [0.25, 0.3) is 0 Å². The molecule has 0 aliphatic carbocycles. The normalized spacial score (nSPS) is 12.3. The molecule has 0 aromatic carbocycles. The Kier molecular flexibility index (Phi) is 30.0. The molecule has 0 bridgehead atoms. The molecule has 27 nitrogen and oxygen atoms in total. The summed E-state index contributed by atoms with van der Waals surface area (Å²) in [5.74, 6) is -8.57. The van der Waals surface area contributed by atoms with Crippen LogP contribution in [0.5, 0.6) is 0 Å². The Labute approximate surface area is 375 Å². The van der Waals surface area contributed by atoms with Crippen molar-refractivity contribution in [2.24, 2.45) is 22.9 Å². The Hall–Kier alpha value is -6.93. The summed E-state index contributed by atoms with van der Waals surface area (Å²) in [5, 5.41) is 23.9. The van der Waals surface area contributed by atoms with Gasteiger partial charge in [0.1, 0.15) is 24.2 Å². The van der Waals surface area contributed by atoms with Gasteiger partial charge >= 0.3 is 0 Å². The van der Waals surface area contributed by atoms with E-state index in [-0.39, 0.29) is 57.9 Å². The van der Waals surface area contributed by atoms with Crippen molar-refractivity contribution in [2.75, 3.05) is 45.8 Å². The topological polar surface area (TPSA) is 446 Å².